The maximum absolute atomic E-state index is 15.8. The van der Waals surface area contributed by atoms with Crippen molar-refractivity contribution in [2.45, 2.75) is 50.2 Å². The summed E-state index contributed by atoms with van der Waals surface area (Å²) in [5.41, 5.74) is 1.76. The summed E-state index contributed by atoms with van der Waals surface area (Å²) in [7, 11) is -9.57. The van der Waals surface area contributed by atoms with Crippen LogP contribution in [0.2, 0.25) is 0 Å². The zero-order chi connectivity index (χ0) is 31.6. The Kier molecular flexibility index (Phi) is 11.3. The normalized spacial score (nSPS) is 13.9. The van der Waals surface area contributed by atoms with Gasteiger partial charge in [-0.2, -0.15) is 0 Å². The number of rotatable bonds is 16. The fourth-order valence-corrected chi connectivity index (χ4v) is 9.20. The van der Waals surface area contributed by atoms with Crippen molar-refractivity contribution in [3.05, 3.63) is 132 Å². The minimum atomic E-state index is -4.78. The summed E-state index contributed by atoms with van der Waals surface area (Å²) >= 11 is 0. The molecule has 0 saturated carbocycles. The van der Waals surface area contributed by atoms with Gasteiger partial charge in [-0.3, -0.25) is 9.97 Å². The van der Waals surface area contributed by atoms with Gasteiger partial charge < -0.3 is 5.11 Å². The Morgan fingerprint density at radius 2 is 1.11 bits per heavy atom. The van der Waals surface area contributed by atoms with Gasteiger partial charge in [-0.1, -0.05) is 76.5 Å². The Morgan fingerprint density at radius 3 is 1.57 bits per heavy atom. The number of nitrogens with zero attached hydrogens (tertiary/aromatic N) is 3. The highest BCUT2D eigenvalue weighted by atomic mass is 32.3. The van der Waals surface area contributed by atoms with Crippen molar-refractivity contribution >= 4 is 20.0 Å². The molecule has 0 fully saturated rings. The highest BCUT2D eigenvalue weighted by molar-refractivity contribution is 8.04. The molecule has 2 atom stereocenters. The number of benzene rings is 2. The summed E-state index contributed by atoms with van der Waals surface area (Å²) in [6.45, 7) is 0. The molecule has 4 rings (SSSR count). The van der Waals surface area contributed by atoms with Crippen LogP contribution in [0, 0.1) is 0 Å². The van der Waals surface area contributed by atoms with E-state index in [1.807, 2.05) is 0 Å². The molecule has 44 heavy (non-hydrogen) atoms. The van der Waals surface area contributed by atoms with E-state index >= 15 is 8.78 Å². The van der Waals surface area contributed by atoms with E-state index < -0.39 is 62.5 Å². The summed E-state index contributed by atoms with van der Waals surface area (Å²) < 4.78 is 87.6. The molecule has 2 aromatic carbocycles. The molecule has 234 valence electrons. The van der Waals surface area contributed by atoms with Crippen LogP contribution >= 0.6 is 0 Å². The number of aryl methyl sites for hydroxylation is 3. The average Bonchev–Trinajstić information content (AvgIpc) is 3.03. The number of aliphatic hydroxyl groups excluding tert-OH is 1. The van der Waals surface area contributed by atoms with E-state index in [1.54, 1.807) is 97.1 Å². The molecule has 0 spiro atoms. The van der Waals surface area contributed by atoms with Crippen molar-refractivity contribution in [1.82, 2.24) is 13.7 Å². The number of aliphatic hydroxyl groups is 1. The van der Waals surface area contributed by atoms with E-state index in [0.717, 1.165) is 0 Å². The van der Waals surface area contributed by atoms with E-state index in [2.05, 4.69) is 9.97 Å². The predicted octanol–water partition coefficient (Wildman–Crippen LogP) is 4.46. The first-order valence-electron chi connectivity index (χ1n) is 14.2. The monoisotopic (exact) mass is 643 g/mol. The van der Waals surface area contributed by atoms with Gasteiger partial charge in [-0.25, -0.2) is 25.6 Å². The summed E-state index contributed by atoms with van der Waals surface area (Å²) in [5.74, 6) is -5.28. The lowest BCUT2D eigenvalue weighted by molar-refractivity contribution is -0.129. The third-order valence-corrected chi connectivity index (χ3v) is 11.6. The minimum absolute atomic E-state index is 0.109. The Balaban J connectivity index is 1.73. The summed E-state index contributed by atoms with van der Waals surface area (Å²) in [6.07, 6.45) is -1.41. The van der Waals surface area contributed by atoms with Gasteiger partial charge in [0.15, 0.2) is 0 Å². The van der Waals surface area contributed by atoms with Crippen LogP contribution in [0.25, 0.3) is 0 Å². The Morgan fingerprint density at radius 1 is 0.659 bits per heavy atom. The van der Waals surface area contributed by atoms with Gasteiger partial charge in [0.2, 0.25) is 20.0 Å². The van der Waals surface area contributed by atoms with Gasteiger partial charge >= 0.3 is 0 Å². The second-order valence-corrected chi connectivity index (χ2v) is 14.6. The summed E-state index contributed by atoms with van der Waals surface area (Å²) in [6, 6.07) is 24.3. The standard InChI is InChI=1S/C32H35F2N3O5S2/c33-32(34,20-17-26-11-3-1-4-12-26)31(38)30(25-27-13-5-2-6-14-27)37(43(39,40)23-18-28-15-7-9-21-35-28)44(41,42)24-19-29-16-8-10-22-36-29/h1-16,21-22,30-31,38H,17-20,23-25H2. The van der Waals surface area contributed by atoms with E-state index in [4.69, 9.17) is 0 Å². The van der Waals surface area contributed by atoms with Crippen molar-refractivity contribution in [3.63, 3.8) is 0 Å². The quantitative estimate of drug-likeness (QED) is 0.192. The van der Waals surface area contributed by atoms with Crippen LogP contribution in [0.3, 0.4) is 0 Å². The molecule has 0 radical (unpaired) electrons. The summed E-state index contributed by atoms with van der Waals surface area (Å²) in [5, 5.41) is 11.3. The molecule has 0 aliphatic rings. The molecular formula is C32H35F2N3O5S2. The molecule has 0 amide bonds. The Bertz CT molecular complexity index is 1590. The van der Waals surface area contributed by atoms with Gasteiger partial charge in [-0.05, 0) is 48.2 Å². The molecule has 8 nitrogen and oxygen atoms in total. The van der Waals surface area contributed by atoms with Crippen molar-refractivity contribution in [3.8, 4) is 0 Å². The third kappa shape index (κ3) is 9.21. The summed E-state index contributed by atoms with van der Waals surface area (Å²) in [4.78, 5) is 8.22. The number of sulfonamides is 2. The number of aromatic nitrogens is 2. The lowest BCUT2D eigenvalue weighted by atomic mass is 9.94. The zero-order valence-electron chi connectivity index (χ0n) is 24.0. The number of halogens is 2. The van der Waals surface area contributed by atoms with Crippen LogP contribution in [0.1, 0.15) is 28.9 Å². The fourth-order valence-electron chi connectivity index (χ4n) is 4.87. The van der Waals surface area contributed by atoms with Gasteiger partial charge in [0.1, 0.15) is 6.10 Å². The van der Waals surface area contributed by atoms with Crippen LogP contribution in [0.5, 0.6) is 0 Å². The van der Waals surface area contributed by atoms with Gasteiger partial charge in [0.25, 0.3) is 5.92 Å². The molecule has 2 aromatic heterocycles. The molecule has 0 bridgehead atoms. The van der Waals surface area contributed by atoms with Crippen LogP contribution in [0.15, 0.2) is 109 Å². The van der Waals surface area contributed by atoms with Crippen LogP contribution in [-0.4, -0.2) is 65.2 Å². The van der Waals surface area contributed by atoms with Crippen molar-refractivity contribution in [2.75, 3.05) is 11.5 Å². The van der Waals surface area contributed by atoms with E-state index in [1.165, 1.54) is 12.4 Å². The van der Waals surface area contributed by atoms with Crippen LogP contribution < -0.4 is 0 Å². The molecule has 2 heterocycles. The number of alkyl halides is 2. The first kappa shape index (κ1) is 33.3. The highest BCUT2D eigenvalue weighted by Crippen LogP contribution is 2.33. The van der Waals surface area contributed by atoms with E-state index in [9.17, 15) is 21.9 Å². The molecule has 4 aromatic rings. The first-order valence-corrected chi connectivity index (χ1v) is 17.4. The maximum Gasteiger partial charge on any atom is 0.275 e. The minimum Gasteiger partial charge on any atom is -0.385 e. The molecule has 0 aliphatic heterocycles. The van der Waals surface area contributed by atoms with Crippen molar-refractivity contribution in [2.24, 2.45) is 0 Å². The van der Waals surface area contributed by atoms with Gasteiger partial charge in [0, 0.05) is 43.0 Å². The first-order chi connectivity index (χ1) is 21.0. The molecule has 12 heteroatoms. The third-order valence-electron chi connectivity index (χ3n) is 7.18. The lowest BCUT2D eigenvalue weighted by Crippen LogP contribution is -2.57. The molecule has 1 N–H and O–H groups in total. The second-order valence-electron chi connectivity index (χ2n) is 10.4. The molecule has 0 saturated heterocycles. The Hall–Kier alpha value is -3.58. The zero-order valence-corrected chi connectivity index (χ0v) is 25.6. The average molecular weight is 644 g/mol. The fraction of sp³-hybridized carbons (Fsp3) is 0.312. The Labute approximate surface area is 257 Å². The van der Waals surface area contributed by atoms with Crippen molar-refractivity contribution < 1.29 is 30.7 Å². The van der Waals surface area contributed by atoms with E-state index in [0.29, 0.717) is 22.5 Å². The van der Waals surface area contributed by atoms with Crippen LogP contribution in [0.4, 0.5) is 8.78 Å². The van der Waals surface area contributed by atoms with Gasteiger partial charge in [0.05, 0.1) is 17.5 Å². The van der Waals surface area contributed by atoms with Crippen molar-refractivity contribution in [1.29, 1.82) is 0 Å². The lowest BCUT2D eigenvalue weighted by Gasteiger charge is -2.36. The smallest absolute Gasteiger partial charge is 0.275 e. The number of hydrogen-bond donors (Lipinski definition) is 1. The SMILES string of the molecule is O=S(=O)(CCc1ccccn1)N(C(Cc1ccccc1)C(O)C(F)(F)CCc1ccccc1)S(=O)(=O)CCc1ccccn1. The van der Waals surface area contributed by atoms with E-state index in [-0.39, 0.29) is 23.0 Å². The molecule has 2 unspecified atom stereocenters. The largest absolute Gasteiger partial charge is 0.385 e. The topological polar surface area (TPSA) is 118 Å². The van der Waals surface area contributed by atoms with Crippen LogP contribution in [-0.2, 0) is 45.7 Å². The predicted molar refractivity (Wildman–Crippen MR) is 165 cm³/mol. The van der Waals surface area contributed by atoms with Gasteiger partial charge in [-0.15, -0.1) is 0 Å². The highest BCUT2D eigenvalue weighted by Gasteiger charge is 2.51. The molecular weight excluding hydrogens is 608 g/mol. The number of hydrogen-bond acceptors (Lipinski definition) is 7. The number of pyridine rings is 2. The molecule has 0 aliphatic carbocycles. The second kappa shape index (κ2) is 14.9. The maximum atomic E-state index is 15.8.